The standard InChI is InChI=1S/C14H22N2O/c1-3-4-7-11(2)14(17)16-13-9-6-5-8-12(13)10-15/h5-6,8-9,11H,3-4,7,10,15H2,1-2H3,(H,16,17). The monoisotopic (exact) mass is 234 g/mol. The number of nitrogens with two attached hydrogens (primary N) is 1. The van der Waals surface area contributed by atoms with Gasteiger partial charge in [0.2, 0.25) is 5.91 Å². The molecule has 94 valence electrons. The van der Waals surface area contributed by atoms with Crippen molar-refractivity contribution in [1.29, 1.82) is 0 Å². The molecule has 3 heteroatoms. The number of benzene rings is 1. The molecule has 0 aromatic heterocycles. The molecule has 1 amide bonds. The van der Waals surface area contributed by atoms with Crippen molar-refractivity contribution in [2.75, 3.05) is 5.32 Å². The van der Waals surface area contributed by atoms with Crippen LogP contribution in [0.4, 0.5) is 5.69 Å². The first-order chi connectivity index (χ1) is 8.19. The molecule has 3 N–H and O–H groups in total. The molecule has 0 radical (unpaired) electrons. The van der Waals surface area contributed by atoms with Gasteiger partial charge in [-0.1, -0.05) is 44.9 Å². The van der Waals surface area contributed by atoms with Gasteiger partial charge in [-0.2, -0.15) is 0 Å². The van der Waals surface area contributed by atoms with E-state index in [0.29, 0.717) is 6.54 Å². The average Bonchev–Trinajstić information content (AvgIpc) is 2.36. The van der Waals surface area contributed by atoms with Crippen molar-refractivity contribution in [2.45, 2.75) is 39.7 Å². The van der Waals surface area contributed by atoms with Crippen LogP contribution in [0.3, 0.4) is 0 Å². The second-order valence-corrected chi connectivity index (χ2v) is 4.39. The summed E-state index contributed by atoms with van der Waals surface area (Å²) in [6, 6.07) is 7.67. The maximum absolute atomic E-state index is 11.9. The molecule has 3 nitrogen and oxygen atoms in total. The lowest BCUT2D eigenvalue weighted by molar-refractivity contribution is -0.119. The molecular weight excluding hydrogens is 212 g/mol. The Morgan fingerprint density at radius 3 is 2.76 bits per heavy atom. The number of amides is 1. The first kappa shape index (κ1) is 13.7. The summed E-state index contributed by atoms with van der Waals surface area (Å²) < 4.78 is 0. The highest BCUT2D eigenvalue weighted by molar-refractivity contribution is 5.93. The number of carbonyl (C=O) groups is 1. The largest absolute Gasteiger partial charge is 0.326 e. The van der Waals surface area contributed by atoms with E-state index in [1.807, 2.05) is 31.2 Å². The lowest BCUT2D eigenvalue weighted by Gasteiger charge is -2.13. The Morgan fingerprint density at radius 2 is 2.12 bits per heavy atom. The van der Waals surface area contributed by atoms with E-state index in [9.17, 15) is 4.79 Å². The zero-order chi connectivity index (χ0) is 12.7. The van der Waals surface area contributed by atoms with Crippen LogP contribution in [0.5, 0.6) is 0 Å². The van der Waals surface area contributed by atoms with Gasteiger partial charge in [0, 0.05) is 18.2 Å². The minimum absolute atomic E-state index is 0.0563. The number of nitrogens with one attached hydrogen (secondary N) is 1. The SMILES string of the molecule is CCCCC(C)C(=O)Nc1ccccc1CN. The van der Waals surface area contributed by atoms with Crippen molar-refractivity contribution in [3.05, 3.63) is 29.8 Å². The van der Waals surface area contributed by atoms with Crippen molar-refractivity contribution in [3.63, 3.8) is 0 Å². The summed E-state index contributed by atoms with van der Waals surface area (Å²) in [4.78, 5) is 11.9. The third-order valence-electron chi connectivity index (χ3n) is 2.93. The molecule has 0 heterocycles. The van der Waals surface area contributed by atoms with Crippen molar-refractivity contribution >= 4 is 11.6 Å². The predicted molar refractivity (Wildman–Crippen MR) is 71.7 cm³/mol. The fourth-order valence-electron chi connectivity index (χ4n) is 1.72. The molecule has 1 unspecified atom stereocenters. The Balaban J connectivity index is 2.61. The smallest absolute Gasteiger partial charge is 0.227 e. The third kappa shape index (κ3) is 4.19. The highest BCUT2D eigenvalue weighted by atomic mass is 16.1. The fraction of sp³-hybridized carbons (Fsp3) is 0.500. The first-order valence-corrected chi connectivity index (χ1v) is 6.27. The zero-order valence-electron chi connectivity index (χ0n) is 10.7. The molecule has 0 spiro atoms. The zero-order valence-corrected chi connectivity index (χ0v) is 10.7. The maximum Gasteiger partial charge on any atom is 0.227 e. The number of para-hydroxylation sites is 1. The normalized spacial score (nSPS) is 12.2. The molecule has 0 aliphatic carbocycles. The molecular formula is C14H22N2O. The summed E-state index contributed by atoms with van der Waals surface area (Å²) in [5.74, 6) is 0.139. The summed E-state index contributed by atoms with van der Waals surface area (Å²) in [5.41, 5.74) is 7.44. The van der Waals surface area contributed by atoms with Gasteiger partial charge in [-0.05, 0) is 18.1 Å². The van der Waals surface area contributed by atoms with Gasteiger partial charge in [0.1, 0.15) is 0 Å². The van der Waals surface area contributed by atoms with E-state index in [4.69, 9.17) is 5.73 Å². The summed E-state index contributed by atoms with van der Waals surface area (Å²) >= 11 is 0. The van der Waals surface area contributed by atoms with Crippen LogP contribution in [0.2, 0.25) is 0 Å². The molecule has 0 saturated heterocycles. The van der Waals surface area contributed by atoms with Crippen LogP contribution in [0.1, 0.15) is 38.7 Å². The lowest BCUT2D eigenvalue weighted by Crippen LogP contribution is -2.21. The fourth-order valence-corrected chi connectivity index (χ4v) is 1.72. The van der Waals surface area contributed by atoms with E-state index in [2.05, 4.69) is 12.2 Å². The summed E-state index contributed by atoms with van der Waals surface area (Å²) in [5, 5.41) is 2.95. The Bertz CT molecular complexity index is 363. The van der Waals surface area contributed by atoms with Crippen LogP contribution >= 0.6 is 0 Å². The van der Waals surface area contributed by atoms with Gasteiger partial charge in [0.25, 0.3) is 0 Å². The highest BCUT2D eigenvalue weighted by Gasteiger charge is 2.13. The molecule has 1 rings (SSSR count). The quantitative estimate of drug-likeness (QED) is 0.795. The highest BCUT2D eigenvalue weighted by Crippen LogP contribution is 2.16. The van der Waals surface area contributed by atoms with Gasteiger partial charge in [-0.15, -0.1) is 0 Å². The van der Waals surface area contributed by atoms with E-state index in [1.54, 1.807) is 0 Å². The van der Waals surface area contributed by atoms with Gasteiger partial charge in [-0.3, -0.25) is 4.79 Å². The van der Waals surface area contributed by atoms with Crippen molar-refractivity contribution < 1.29 is 4.79 Å². The summed E-state index contributed by atoms with van der Waals surface area (Å²) in [6.45, 7) is 4.55. The number of carbonyl (C=O) groups excluding carboxylic acids is 1. The second kappa shape index (κ2) is 7.07. The number of hydrogen-bond acceptors (Lipinski definition) is 2. The topological polar surface area (TPSA) is 55.1 Å². The van der Waals surface area contributed by atoms with Gasteiger partial charge in [0.15, 0.2) is 0 Å². The Labute approximate surface area is 103 Å². The van der Waals surface area contributed by atoms with Gasteiger partial charge < -0.3 is 11.1 Å². The van der Waals surface area contributed by atoms with E-state index >= 15 is 0 Å². The molecule has 17 heavy (non-hydrogen) atoms. The number of unbranched alkanes of at least 4 members (excludes halogenated alkanes) is 1. The molecule has 1 atom stereocenters. The van der Waals surface area contributed by atoms with E-state index in [1.165, 1.54) is 0 Å². The maximum atomic E-state index is 11.9. The average molecular weight is 234 g/mol. The Hall–Kier alpha value is -1.35. The van der Waals surface area contributed by atoms with Gasteiger partial charge >= 0.3 is 0 Å². The van der Waals surface area contributed by atoms with E-state index < -0.39 is 0 Å². The predicted octanol–water partition coefficient (Wildman–Crippen LogP) is 2.91. The minimum Gasteiger partial charge on any atom is -0.326 e. The van der Waals surface area contributed by atoms with Crippen molar-refractivity contribution in [1.82, 2.24) is 0 Å². The minimum atomic E-state index is 0.0563. The van der Waals surface area contributed by atoms with Crippen LogP contribution in [0, 0.1) is 5.92 Å². The molecule has 0 saturated carbocycles. The molecule has 1 aromatic carbocycles. The van der Waals surface area contributed by atoms with Gasteiger partial charge in [0.05, 0.1) is 0 Å². The van der Waals surface area contributed by atoms with Crippen LogP contribution < -0.4 is 11.1 Å². The van der Waals surface area contributed by atoms with Gasteiger partial charge in [-0.25, -0.2) is 0 Å². The van der Waals surface area contributed by atoms with E-state index in [-0.39, 0.29) is 11.8 Å². The van der Waals surface area contributed by atoms with Crippen LogP contribution in [-0.4, -0.2) is 5.91 Å². The summed E-state index contributed by atoms with van der Waals surface area (Å²) in [7, 11) is 0. The lowest BCUT2D eigenvalue weighted by atomic mass is 10.0. The summed E-state index contributed by atoms with van der Waals surface area (Å²) in [6.07, 6.45) is 3.15. The first-order valence-electron chi connectivity index (χ1n) is 6.27. The van der Waals surface area contributed by atoms with Crippen LogP contribution in [0.15, 0.2) is 24.3 Å². The van der Waals surface area contributed by atoms with Crippen LogP contribution in [-0.2, 0) is 11.3 Å². The molecule has 0 fully saturated rings. The molecule has 1 aromatic rings. The third-order valence-corrected chi connectivity index (χ3v) is 2.93. The molecule has 0 aliphatic rings. The van der Waals surface area contributed by atoms with Crippen LogP contribution in [0.25, 0.3) is 0 Å². The van der Waals surface area contributed by atoms with E-state index in [0.717, 1.165) is 30.5 Å². The Morgan fingerprint density at radius 1 is 1.41 bits per heavy atom. The number of hydrogen-bond donors (Lipinski definition) is 2. The number of anilines is 1. The molecule has 0 bridgehead atoms. The Kier molecular flexibility index (Phi) is 5.70. The molecule has 0 aliphatic heterocycles. The van der Waals surface area contributed by atoms with Crippen molar-refractivity contribution in [2.24, 2.45) is 11.7 Å². The van der Waals surface area contributed by atoms with Crippen molar-refractivity contribution in [3.8, 4) is 0 Å². The second-order valence-electron chi connectivity index (χ2n) is 4.39. The number of rotatable bonds is 6.